The summed E-state index contributed by atoms with van der Waals surface area (Å²) in [6.45, 7) is 0.583. The van der Waals surface area contributed by atoms with Gasteiger partial charge in [-0.05, 0) is 12.0 Å². The number of hydrogen-bond donors (Lipinski definition) is 2. The van der Waals surface area contributed by atoms with Gasteiger partial charge in [0, 0.05) is 6.54 Å². The lowest BCUT2D eigenvalue weighted by atomic mass is 10.1. The van der Waals surface area contributed by atoms with Crippen LogP contribution in [0.1, 0.15) is 16.1 Å². The molecule has 17 heavy (non-hydrogen) atoms. The quantitative estimate of drug-likeness (QED) is 0.814. The zero-order chi connectivity index (χ0) is 12.3. The van der Waals surface area contributed by atoms with E-state index in [0.717, 1.165) is 6.42 Å². The van der Waals surface area contributed by atoms with Crippen molar-refractivity contribution in [1.29, 1.82) is 0 Å². The van der Waals surface area contributed by atoms with Gasteiger partial charge in [0.15, 0.2) is 0 Å². The van der Waals surface area contributed by atoms with Gasteiger partial charge in [-0.3, -0.25) is 9.48 Å². The minimum atomic E-state index is -0.548. The molecule has 2 rings (SSSR count). The number of nitrogens with two attached hydrogens (primary N) is 2. The molecular formula is C12H14N4O. The fraction of sp³-hybridized carbons (Fsp3) is 0.167. The van der Waals surface area contributed by atoms with E-state index in [-0.39, 0.29) is 5.69 Å². The van der Waals surface area contributed by atoms with Crippen molar-refractivity contribution >= 4 is 11.6 Å². The Hall–Kier alpha value is -2.30. The molecule has 88 valence electrons. The number of benzene rings is 1. The van der Waals surface area contributed by atoms with Gasteiger partial charge in [-0.1, -0.05) is 30.3 Å². The fourth-order valence-electron chi connectivity index (χ4n) is 1.72. The number of carbonyl (C=O) groups is 1. The van der Waals surface area contributed by atoms with E-state index in [1.54, 1.807) is 4.68 Å². The van der Waals surface area contributed by atoms with Crippen LogP contribution in [-0.2, 0) is 13.0 Å². The molecule has 1 aromatic heterocycles. The van der Waals surface area contributed by atoms with Gasteiger partial charge in [-0.2, -0.15) is 5.10 Å². The molecule has 0 aliphatic carbocycles. The number of aryl methyl sites for hydroxylation is 2. The molecule has 2 aromatic rings. The van der Waals surface area contributed by atoms with Gasteiger partial charge < -0.3 is 11.5 Å². The van der Waals surface area contributed by atoms with Crippen molar-refractivity contribution in [2.45, 2.75) is 13.0 Å². The first-order valence-corrected chi connectivity index (χ1v) is 5.33. The molecule has 0 fully saturated rings. The van der Waals surface area contributed by atoms with E-state index in [0.29, 0.717) is 12.2 Å². The Bertz CT molecular complexity index is 519. The first kappa shape index (κ1) is 11.2. The summed E-state index contributed by atoms with van der Waals surface area (Å²) in [6, 6.07) is 9.96. The summed E-state index contributed by atoms with van der Waals surface area (Å²) in [7, 11) is 0. The molecule has 4 N–H and O–H groups in total. The van der Waals surface area contributed by atoms with E-state index in [1.165, 1.54) is 11.8 Å². The molecule has 1 amide bonds. The van der Waals surface area contributed by atoms with Crippen LogP contribution in [0.25, 0.3) is 0 Å². The SMILES string of the molecule is NC(=O)c1c(N)cnn1CCc1ccccc1. The predicted octanol–water partition coefficient (Wildman–Crippen LogP) is 0.807. The largest absolute Gasteiger partial charge is 0.396 e. The Morgan fingerprint density at radius 1 is 1.29 bits per heavy atom. The highest BCUT2D eigenvalue weighted by Crippen LogP contribution is 2.11. The van der Waals surface area contributed by atoms with E-state index in [9.17, 15) is 4.79 Å². The van der Waals surface area contributed by atoms with Crippen molar-refractivity contribution in [2.75, 3.05) is 5.73 Å². The number of amides is 1. The van der Waals surface area contributed by atoms with Crippen LogP contribution in [0.3, 0.4) is 0 Å². The minimum absolute atomic E-state index is 0.279. The molecule has 5 heteroatoms. The summed E-state index contributed by atoms with van der Waals surface area (Å²) in [5.41, 5.74) is 12.7. The Balaban J connectivity index is 2.12. The van der Waals surface area contributed by atoms with E-state index in [4.69, 9.17) is 11.5 Å². The average Bonchev–Trinajstić information content (AvgIpc) is 2.69. The lowest BCUT2D eigenvalue weighted by Crippen LogP contribution is -2.19. The third-order valence-electron chi connectivity index (χ3n) is 2.56. The maximum absolute atomic E-state index is 11.2. The van der Waals surface area contributed by atoms with E-state index >= 15 is 0 Å². The van der Waals surface area contributed by atoms with Gasteiger partial charge >= 0.3 is 0 Å². The van der Waals surface area contributed by atoms with Crippen LogP contribution in [0.15, 0.2) is 36.5 Å². The highest BCUT2D eigenvalue weighted by Gasteiger charge is 2.13. The molecule has 1 heterocycles. The standard InChI is InChI=1S/C12H14N4O/c13-10-8-15-16(11(10)12(14)17)7-6-9-4-2-1-3-5-9/h1-5,8H,6-7,13H2,(H2,14,17). The van der Waals surface area contributed by atoms with Crippen molar-refractivity contribution in [1.82, 2.24) is 9.78 Å². The van der Waals surface area contributed by atoms with Gasteiger partial charge in [0.1, 0.15) is 5.69 Å². The summed E-state index contributed by atoms with van der Waals surface area (Å²) in [5, 5.41) is 4.04. The highest BCUT2D eigenvalue weighted by atomic mass is 16.1. The molecule has 0 radical (unpaired) electrons. The average molecular weight is 230 g/mol. The Morgan fingerprint density at radius 2 is 2.00 bits per heavy atom. The van der Waals surface area contributed by atoms with Gasteiger partial charge in [0.05, 0.1) is 11.9 Å². The summed E-state index contributed by atoms with van der Waals surface area (Å²) in [5.74, 6) is -0.548. The van der Waals surface area contributed by atoms with Crippen LogP contribution in [0, 0.1) is 0 Å². The highest BCUT2D eigenvalue weighted by molar-refractivity contribution is 5.96. The van der Waals surface area contributed by atoms with Crippen LogP contribution < -0.4 is 11.5 Å². The second kappa shape index (κ2) is 4.69. The Labute approximate surface area is 99.0 Å². The molecule has 0 saturated carbocycles. The number of anilines is 1. The summed E-state index contributed by atoms with van der Waals surface area (Å²) in [4.78, 5) is 11.2. The van der Waals surface area contributed by atoms with Crippen molar-refractivity contribution in [3.8, 4) is 0 Å². The van der Waals surface area contributed by atoms with Crippen molar-refractivity contribution in [3.05, 3.63) is 47.8 Å². The molecule has 5 nitrogen and oxygen atoms in total. The summed E-state index contributed by atoms with van der Waals surface area (Å²) in [6.07, 6.45) is 2.23. The first-order chi connectivity index (χ1) is 8.18. The summed E-state index contributed by atoms with van der Waals surface area (Å²) < 4.78 is 1.55. The van der Waals surface area contributed by atoms with Crippen LogP contribution in [-0.4, -0.2) is 15.7 Å². The number of hydrogen-bond acceptors (Lipinski definition) is 3. The van der Waals surface area contributed by atoms with Crippen LogP contribution >= 0.6 is 0 Å². The summed E-state index contributed by atoms with van der Waals surface area (Å²) >= 11 is 0. The number of primary amides is 1. The molecule has 0 aliphatic heterocycles. The monoisotopic (exact) mass is 230 g/mol. The maximum atomic E-state index is 11.2. The molecule has 0 saturated heterocycles. The van der Waals surface area contributed by atoms with Gasteiger partial charge in [-0.25, -0.2) is 0 Å². The first-order valence-electron chi connectivity index (χ1n) is 5.33. The van der Waals surface area contributed by atoms with Gasteiger partial charge in [-0.15, -0.1) is 0 Å². The molecule has 0 aliphatic rings. The molecule has 0 spiro atoms. The third-order valence-corrected chi connectivity index (χ3v) is 2.56. The number of nitrogens with zero attached hydrogens (tertiary/aromatic N) is 2. The number of rotatable bonds is 4. The van der Waals surface area contributed by atoms with Gasteiger partial charge in [0.25, 0.3) is 5.91 Å². The van der Waals surface area contributed by atoms with Crippen molar-refractivity contribution < 1.29 is 4.79 Å². The predicted molar refractivity (Wildman–Crippen MR) is 65.3 cm³/mol. The zero-order valence-corrected chi connectivity index (χ0v) is 9.34. The third kappa shape index (κ3) is 2.44. The number of nitrogen functional groups attached to an aromatic ring is 1. The maximum Gasteiger partial charge on any atom is 0.269 e. The Kier molecular flexibility index (Phi) is 3.09. The molecule has 0 atom stereocenters. The van der Waals surface area contributed by atoms with Gasteiger partial charge in [0.2, 0.25) is 0 Å². The van der Waals surface area contributed by atoms with Crippen molar-refractivity contribution in [2.24, 2.45) is 5.73 Å². The smallest absolute Gasteiger partial charge is 0.269 e. The van der Waals surface area contributed by atoms with E-state index in [1.807, 2.05) is 30.3 Å². The van der Waals surface area contributed by atoms with Crippen LogP contribution in [0.2, 0.25) is 0 Å². The molecule has 0 unspecified atom stereocenters. The van der Waals surface area contributed by atoms with E-state index in [2.05, 4.69) is 5.10 Å². The lowest BCUT2D eigenvalue weighted by Gasteiger charge is -2.05. The van der Waals surface area contributed by atoms with Crippen LogP contribution in [0.5, 0.6) is 0 Å². The second-order valence-corrected chi connectivity index (χ2v) is 3.77. The molecule has 0 bridgehead atoms. The normalized spacial score (nSPS) is 10.4. The minimum Gasteiger partial charge on any atom is -0.396 e. The lowest BCUT2D eigenvalue weighted by molar-refractivity contribution is 0.0991. The number of aromatic nitrogens is 2. The number of carbonyl (C=O) groups excluding carboxylic acids is 1. The van der Waals surface area contributed by atoms with E-state index < -0.39 is 5.91 Å². The molecular weight excluding hydrogens is 216 g/mol. The van der Waals surface area contributed by atoms with Crippen molar-refractivity contribution in [3.63, 3.8) is 0 Å². The van der Waals surface area contributed by atoms with Crippen LogP contribution in [0.4, 0.5) is 5.69 Å². The fourth-order valence-corrected chi connectivity index (χ4v) is 1.72. The topological polar surface area (TPSA) is 86.9 Å². The second-order valence-electron chi connectivity index (χ2n) is 3.77. The Morgan fingerprint density at radius 3 is 2.65 bits per heavy atom. The zero-order valence-electron chi connectivity index (χ0n) is 9.34. The molecule has 1 aromatic carbocycles.